The molecule has 0 saturated heterocycles. The van der Waals surface area contributed by atoms with E-state index in [2.05, 4.69) is 6.07 Å². The van der Waals surface area contributed by atoms with Gasteiger partial charge in [0.1, 0.15) is 11.5 Å². The van der Waals surface area contributed by atoms with E-state index in [0.717, 1.165) is 29.7 Å². The van der Waals surface area contributed by atoms with Gasteiger partial charge >= 0.3 is 5.97 Å². The molecular formula is C31H38N4O5. The van der Waals surface area contributed by atoms with Gasteiger partial charge in [0, 0.05) is 47.7 Å². The number of nitrogens with one attached hydrogen (secondary N) is 1. The van der Waals surface area contributed by atoms with Crippen molar-refractivity contribution in [2.75, 3.05) is 19.8 Å². The van der Waals surface area contributed by atoms with Crippen LogP contribution in [0.25, 0.3) is 0 Å². The number of carbonyl (C=O) groups excluding carboxylic acids is 1. The smallest absolute Gasteiger partial charge is 0.303 e. The fourth-order valence-corrected chi connectivity index (χ4v) is 4.74. The van der Waals surface area contributed by atoms with Crippen LogP contribution in [0.3, 0.4) is 0 Å². The zero-order valence-corrected chi connectivity index (χ0v) is 23.6. The molecule has 9 heteroatoms. The van der Waals surface area contributed by atoms with Crippen molar-refractivity contribution in [3.05, 3.63) is 52.3 Å². The van der Waals surface area contributed by atoms with Crippen LogP contribution in [-0.2, 0) is 16.8 Å². The highest BCUT2D eigenvalue weighted by Gasteiger charge is 2.32. The number of nitrogens with zero attached hydrogens (tertiary/aromatic N) is 3. The van der Waals surface area contributed by atoms with Crippen LogP contribution in [0.4, 0.5) is 0 Å². The van der Waals surface area contributed by atoms with Gasteiger partial charge in [0.05, 0.1) is 25.8 Å². The molecule has 9 nitrogen and oxygen atoms in total. The number of aliphatic carboxylic acids is 1. The molecule has 1 aromatic carbocycles. The maximum atomic E-state index is 13.6. The number of nitriles is 1. The first-order chi connectivity index (χ1) is 19.1. The minimum absolute atomic E-state index is 0.0425. The quantitative estimate of drug-likeness (QED) is 0.231. The number of carbonyl (C=O) groups is 2. The molecule has 0 atom stereocenters. The highest BCUT2D eigenvalue weighted by atomic mass is 16.5. The van der Waals surface area contributed by atoms with Crippen LogP contribution in [0, 0.1) is 16.7 Å². The van der Waals surface area contributed by atoms with Crippen LogP contribution in [0.15, 0.2) is 24.3 Å². The van der Waals surface area contributed by atoms with Crippen LogP contribution in [0.5, 0.6) is 11.5 Å². The summed E-state index contributed by atoms with van der Waals surface area (Å²) in [5, 5.41) is 26.5. The van der Waals surface area contributed by atoms with E-state index in [0.29, 0.717) is 74.1 Å². The fourth-order valence-electron chi connectivity index (χ4n) is 4.74. The van der Waals surface area contributed by atoms with Crippen LogP contribution in [0.1, 0.15) is 105 Å². The molecule has 0 radical (unpaired) electrons. The minimum atomic E-state index is -0.840. The van der Waals surface area contributed by atoms with Gasteiger partial charge in [-0.25, -0.2) is 4.98 Å². The number of amidine groups is 1. The van der Waals surface area contributed by atoms with Gasteiger partial charge < -0.3 is 19.5 Å². The van der Waals surface area contributed by atoms with E-state index >= 15 is 0 Å². The van der Waals surface area contributed by atoms with Crippen LogP contribution in [-0.4, -0.2) is 52.3 Å². The molecule has 1 saturated carbocycles. The maximum Gasteiger partial charge on any atom is 0.303 e. The molecule has 4 rings (SSSR count). The van der Waals surface area contributed by atoms with Crippen molar-refractivity contribution >= 4 is 17.6 Å². The first kappa shape index (κ1) is 29.1. The van der Waals surface area contributed by atoms with E-state index in [-0.39, 0.29) is 30.0 Å². The largest absolute Gasteiger partial charge is 0.490 e. The number of aromatic nitrogens is 1. The molecule has 2 N–H and O–H groups in total. The van der Waals surface area contributed by atoms with E-state index in [9.17, 15) is 9.59 Å². The lowest BCUT2D eigenvalue weighted by Gasteiger charge is -2.26. The number of unbranched alkanes of at least 4 members (excludes halogenated alkanes) is 2. The molecule has 40 heavy (non-hydrogen) atoms. The monoisotopic (exact) mass is 546 g/mol. The van der Waals surface area contributed by atoms with Crippen molar-refractivity contribution in [1.29, 1.82) is 10.7 Å². The summed E-state index contributed by atoms with van der Waals surface area (Å²) in [6.45, 7) is 7.22. The average Bonchev–Trinajstić information content (AvgIpc) is 3.71. The van der Waals surface area contributed by atoms with Crippen molar-refractivity contribution < 1.29 is 24.2 Å². The van der Waals surface area contributed by atoms with Gasteiger partial charge in [0.2, 0.25) is 0 Å². The number of benzene rings is 1. The second-order valence-electron chi connectivity index (χ2n) is 11.6. The number of ketones is 1. The lowest BCUT2D eigenvalue weighted by molar-refractivity contribution is -0.137. The Morgan fingerprint density at radius 2 is 1.90 bits per heavy atom. The second kappa shape index (κ2) is 12.5. The summed E-state index contributed by atoms with van der Waals surface area (Å²) in [7, 11) is 0. The first-order valence-corrected chi connectivity index (χ1v) is 14.0. The Labute approximate surface area is 235 Å². The molecule has 2 heterocycles. The van der Waals surface area contributed by atoms with E-state index in [1.54, 1.807) is 11.0 Å². The highest BCUT2D eigenvalue weighted by molar-refractivity contribution is 6.04. The molecule has 1 aromatic heterocycles. The standard InChI is InChI=1S/C31H38N4O5/c1-31(2,3)23-16-22(17-26(39-14-7-5-13-32)29(23)40-15-6-4-8-27(37)38)25(36)19-35-18-21-11-12-24(20-9-10-20)34-28(21)30(35)33/h11-12,16-17,20,33H,4-10,14-15,18-19H2,1-3H3,(H,37,38). The van der Waals surface area contributed by atoms with Crippen LogP contribution in [0.2, 0.25) is 0 Å². The van der Waals surface area contributed by atoms with Crippen molar-refractivity contribution in [3.8, 4) is 17.6 Å². The molecule has 1 aliphatic heterocycles. The summed E-state index contributed by atoms with van der Waals surface area (Å²) in [5.74, 6) is 0.760. The molecule has 1 aliphatic carbocycles. The van der Waals surface area contributed by atoms with E-state index < -0.39 is 5.97 Å². The Morgan fingerprint density at radius 1 is 1.15 bits per heavy atom. The summed E-state index contributed by atoms with van der Waals surface area (Å²) in [6.07, 6.45) is 4.31. The zero-order valence-electron chi connectivity index (χ0n) is 23.6. The number of carboxylic acid groups (broad SMARTS) is 1. The number of Topliss-reactive ketones (excluding diaryl/α,β-unsaturated/α-hetero) is 1. The number of hydrogen-bond donors (Lipinski definition) is 2. The normalized spacial score (nSPS) is 14.6. The lowest BCUT2D eigenvalue weighted by Crippen LogP contribution is -2.30. The summed E-state index contributed by atoms with van der Waals surface area (Å²) in [6, 6.07) is 9.71. The third-order valence-corrected chi connectivity index (χ3v) is 7.14. The summed E-state index contributed by atoms with van der Waals surface area (Å²) in [5.41, 5.74) is 3.56. The SMILES string of the molecule is CC(C)(C)c1cc(C(=O)CN2Cc3ccc(C4CC4)nc3C2=N)cc(OCCCC#N)c1OCCCCC(=O)O. The van der Waals surface area contributed by atoms with Gasteiger partial charge in [0.25, 0.3) is 0 Å². The maximum absolute atomic E-state index is 13.6. The highest BCUT2D eigenvalue weighted by Crippen LogP contribution is 2.41. The van der Waals surface area contributed by atoms with Crippen LogP contribution >= 0.6 is 0 Å². The third-order valence-electron chi connectivity index (χ3n) is 7.14. The predicted molar refractivity (Wildman–Crippen MR) is 150 cm³/mol. The molecule has 2 aliphatic rings. The van der Waals surface area contributed by atoms with E-state index in [4.69, 9.17) is 30.2 Å². The van der Waals surface area contributed by atoms with Gasteiger partial charge in [-0.2, -0.15) is 5.26 Å². The van der Waals surface area contributed by atoms with Crippen molar-refractivity contribution in [2.45, 2.75) is 83.6 Å². The number of pyridine rings is 1. The number of hydrogen-bond acceptors (Lipinski definition) is 7. The topological polar surface area (TPSA) is 137 Å². The van der Waals surface area contributed by atoms with Gasteiger partial charge in [-0.05, 0) is 55.7 Å². The number of fused-ring (bicyclic) bond motifs is 1. The first-order valence-electron chi connectivity index (χ1n) is 14.0. The van der Waals surface area contributed by atoms with Gasteiger partial charge in [0.15, 0.2) is 17.3 Å². The number of carboxylic acids is 1. The predicted octanol–water partition coefficient (Wildman–Crippen LogP) is 5.60. The van der Waals surface area contributed by atoms with Gasteiger partial charge in [-0.15, -0.1) is 0 Å². The van der Waals surface area contributed by atoms with Crippen molar-refractivity contribution in [1.82, 2.24) is 9.88 Å². The summed E-state index contributed by atoms with van der Waals surface area (Å²) in [4.78, 5) is 31.0. The second-order valence-corrected chi connectivity index (χ2v) is 11.6. The Morgan fingerprint density at radius 3 is 2.58 bits per heavy atom. The number of ether oxygens (including phenoxy) is 2. The Hall–Kier alpha value is -3.93. The summed E-state index contributed by atoms with van der Waals surface area (Å²) < 4.78 is 12.2. The molecule has 2 aromatic rings. The van der Waals surface area contributed by atoms with Crippen molar-refractivity contribution in [2.24, 2.45) is 0 Å². The van der Waals surface area contributed by atoms with Gasteiger partial charge in [-0.1, -0.05) is 26.8 Å². The van der Waals surface area contributed by atoms with Crippen LogP contribution < -0.4 is 9.47 Å². The Balaban J connectivity index is 1.55. The molecule has 212 valence electrons. The fraction of sp³-hybridized carbons (Fsp3) is 0.516. The molecular weight excluding hydrogens is 508 g/mol. The molecule has 0 bridgehead atoms. The Kier molecular flexibility index (Phi) is 9.08. The number of rotatable bonds is 14. The molecule has 0 spiro atoms. The van der Waals surface area contributed by atoms with Gasteiger partial charge in [-0.3, -0.25) is 15.0 Å². The average molecular weight is 547 g/mol. The van der Waals surface area contributed by atoms with E-state index in [1.165, 1.54) is 0 Å². The van der Waals surface area contributed by atoms with Crippen molar-refractivity contribution in [3.63, 3.8) is 0 Å². The molecule has 0 unspecified atom stereocenters. The van der Waals surface area contributed by atoms with E-state index in [1.807, 2.05) is 39.0 Å². The minimum Gasteiger partial charge on any atom is -0.490 e. The third kappa shape index (κ3) is 7.17. The molecule has 0 amide bonds. The molecule has 1 fully saturated rings. The summed E-state index contributed by atoms with van der Waals surface area (Å²) >= 11 is 0. The Bertz CT molecular complexity index is 1320. The lowest BCUT2D eigenvalue weighted by atomic mass is 9.84. The zero-order chi connectivity index (χ0) is 28.9.